The van der Waals surface area contributed by atoms with Gasteiger partial charge in [-0.2, -0.15) is 0 Å². The van der Waals surface area contributed by atoms with Crippen molar-refractivity contribution in [2.75, 3.05) is 14.2 Å². The lowest BCUT2D eigenvalue weighted by Crippen LogP contribution is -2.30. The second kappa shape index (κ2) is 7.59. The van der Waals surface area contributed by atoms with Crippen molar-refractivity contribution in [3.63, 3.8) is 0 Å². The molecular weight excluding hydrogens is 376 g/mol. The van der Waals surface area contributed by atoms with Crippen LogP contribution >= 0.6 is 11.8 Å². The zero-order valence-corrected chi connectivity index (χ0v) is 16.4. The molecule has 6 nitrogen and oxygen atoms in total. The van der Waals surface area contributed by atoms with E-state index in [0.29, 0.717) is 13.0 Å². The first kappa shape index (κ1) is 18.4. The van der Waals surface area contributed by atoms with Gasteiger partial charge in [0, 0.05) is 46.9 Å². The maximum atomic E-state index is 11.9. The Morgan fingerprint density at radius 1 is 1.07 bits per heavy atom. The number of carbonyl (C=O) groups excluding carboxylic acids is 2. The van der Waals surface area contributed by atoms with Gasteiger partial charge in [0.1, 0.15) is 17.5 Å². The van der Waals surface area contributed by atoms with Gasteiger partial charge in [-0.1, -0.05) is 12.1 Å². The summed E-state index contributed by atoms with van der Waals surface area (Å²) in [4.78, 5) is 23.4. The molecular formula is C21H20N2O4S. The number of carbonyl (C=O) groups is 2. The van der Waals surface area contributed by atoms with E-state index < -0.39 is 6.04 Å². The standard InChI is InChI=1S/C21H20N2O4S/c1-26-15-7-6-14(19(11-15)27-2)12-23-9-8-16-13(4-3-5-18(16)23)10-17-20(24)28-21(25)22-17/h3-9,11,17H,10,12H2,1-2H3,(H,22,25). The highest BCUT2D eigenvalue weighted by Gasteiger charge is 2.31. The molecule has 3 aromatic rings. The fourth-order valence-corrected chi connectivity index (χ4v) is 4.18. The van der Waals surface area contributed by atoms with E-state index in [1.165, 1.54) is 0 Å². The summed E-state index contributed by atoms with van der Waals surface area (Å²) < 4.78 is 12.9. The number of fused-ring (bicyclic) bond motifs is 1. The molecule has 1 aliphatic heterocycles. The van der Waals surface area contributed by atoms with Gasteiger partial charge >= 0.3 is 0 Å². The smallest absolute Gasteiger partial charge is 0.287 e. The molecule has 144 valence electrons. The number of rotatable bonds is 6. The number of benzene rings is 2. The number of ether oxygens (including phenoxy) is 2. The molecule has 0 bridgehead atoms. The normalized spacial score (nSPS) is 16.4. The van der Waals surface area contributed by atoms with E-state index in [1.807, 2.05) is 36.5 Å². The van der Waals surface area contributed by atoms with E-state index in [2.05, 4.69) is 22.0 Å². The zero-order valence-electron chi connectivity index (χ0n) is 15.6. The van der Waals surface area contributed by atoms with Crippen LogP contribution in [0, 0.1) is 0 Å². The Morgan fingerprint density at radius 3 is 2.64 bits per heavy atom. The molecule has 0 spiro atoms. The quantitative estimate of drug-likeness (QED) is 0.689. The van der Waals surface area contributed by atoms with Crippen molar-refractivity contribution in [1.29, 1.82) is 0 Å². The lowest BCUT2D eigenvalue weighted by atomic mass is 10.0. The van der Waals surface area contributed by atoms with Crippen molar-refractivity contribution in [1.82, 2.24) is 9.88 Å². The second-order valence-corrected chi connectivity index (χ2v) is 7.56. The van der Waals surface area contributed by atoms with Gasteiger partial charge in [-0.3, -0.25) is 9.59 Å². The molecule has 1 fully saturated rings. The Morgan fingerprint density at radius 2 is 1.93 bits per heavy atom. The molecule has 0 aliphatic carbocycles. The minimum Gasteiger partial charge on any atom is -0.497 e. The Bertz CT molecular complexity index is 1060. The first-order valence-corrected chi connectivity index (χ1v) is 9.70. The van der Waals surface area contributed by atoms with Gasteiger partial charge < -0.3 is 19.4 Å². The number of nitrogens with one attached hydrogen (secondary N) is 1. The second-order valence-electron chi connectivity index (χ2n) is 6.58. The number of nitrogens with zero attached hydrogens (tertiary/aromatic N) is 1. The van der Waals surface area contributed by atoms with Crippen LogP contribution in [0.2, 0.25) is 0 Å². The molecule has 2 aromatic carbocycles. The summed E-state index contributed by atoms with van der Waals surface area (Å²) >= 11 is 0.749. The Hall–Kier alpha value is -2.93. The molecule has 4 rings (SSSR count). The number of thioether (sulfide) groups is 1. The molecule has 1 saturated heterocycles. The summed E-state index contributed by atoms with van der Waals surface area (Å²) in [5.41, 5.74) is 3.15. The third kappa shape index (κ3) is 3.45. The van der Waals surface area contributed by atoms with Crippen molar-refractivity contribution in [3.05, 3.63) is 59.8 Å². The highest BCUT2D eigenvalue weighted by molar-refractivity contribution is 8.26. The topological polar surface area (TPSA) is 69.6 Å². The summed E-state index contributed by atoms with van der Waals surface area (Å²) in [6.07, 6.45) is 2.52. The fourth-order valence-electron chi connectivity index (χ4n) is 3.52. The maximum absolute atomic E-state index is 11.9. The third-order valence-electron chi connectivity index (χ3n) is 4.93. The number of aromatic nitrogens is 1. The predicted molar refractivity (Wildman–Crippen MR) is 109 cm³/mol. The highest BCUT2D eigenvalue weighted by Crippen LogP contribution is 2.29. The molecule has 1 N–H and O–H groups in total. The van der Waals surface area contributed by atoms with Gasteiger partial charge in [-0.25, -0.2) is 0 Å². The van der Waals surface area contributed by atoms with Crippen LogP contribution in [0.25, 0.3) is 10.9 Å². The van der Waals surface area contributed by atoms with Crippen LogP contribution in [-0.2, 0) is 17.8 Å². The van der Waals surface area contributed by atoms with Crippen molar-refractivity contribution < 1.29 is 19.1 Å². The van der Waals surface area contributed by atoms with Gasteiger partial charge in [0.2, 0.25) is 5.12 Å². The number of hydrogen-bond acceptors (Lipinski definition) is 5. The summed E-state index contributed by atoms with van der Waals surface area (Å²) in [7, 11) is 3.28. The highest BCUT2D eigenvalue weighted by atomic mass is 32.2. The van der Waals surface area contributed by atoms with Crippen LogP contribution in [0.5, 0.6) is 11.5 Å². The molecule has 1 atom stereocenters. The van der Waals surface area contributed by atoms with Crippen LogP contribution in [0.15, 0.2) is 48.7 Å². The van der Waals surface area contributed by atoms with E-state index in [4.69, 9.17) is 9.47 Å². The number of hydrogen-bond donors (Lipinski definition) is 1. The fraction of sp³-hybridized carbons (Fsp3) is 0.238. The Kier molecular flexibility index (Phi) is 5.00. The van der Waals surface area contributed by atoms with E-state index in [0.717, 1.165) is 45.3 Å². The zero-order chi connectivity index (χ0) is 19.7. The van der Waals surface area contributed by atoms with E-state index in [-0.39, 0.29) is 10.4 Å². The lowest BCUT2D eigenvalue weighted by Gasteiger charge is -2.13. The molecule has 1 amide bonds. The number of amides is 1. The maximum Gasteiger partial charge on any atom is 0.287 e. The van der Waals surface area contributed by atoms with Crippen LogP contribution in [0.1, 0.15) is 11.1 Å². The van der Waals surface area contributed by atoms with E-state index in [1.54, 1.807) is 14.2 Å². The summed E-state index contributed by atoms with van der Waals surface area (Å²) in [5.74, 6) is 1.52. The number of methoxy groups -OCH3 is 2. The summed E-state index contributed by atoms with van der Waals surface area (Å²) in [6.45, 7) is 0.648. The van der Waals surface area contributed by atoms with Crippen LogP contribution in [-0.4, -0.2) is 35.2 Å². The minimum absolute atomic E-state index is 0.121. The molecule has 0 saturated carbocycles. The molecule has 0 radical (unpaired) electrons. The van der Waals surface area contributed by atoms with Crippen molar-refractivity contribution in [3.8, 4) is 11.5 Å². The van der Waals surface area contributed by atoms with Crippen molar-refractivity contribution >= 4 is 33.0 Å². The minimum atomic E-state index is -0.465. The average molecular weight is 396 g/mol. The SMILES string of the molecule is COc1ccc(Cn2ccc3c(CC4NC(=O)SC4=O)cccc32)c(OC)c1. The lowest BCUT2D eigenvalue weighted by molar-refractivity contribution is -0.112. The van der Waals surface area contributed by atoms with Crippen LogP contribution in [0.3, 0.4) is 0 Å². The van der Waals surface area contributed by atoms with Gasteiger partial charge in [0.05, 0.1) is 20.8 Å². The van der Waals surface area contributed by atoms with E-state index in [9.17, 15) is 9.59 Å². The summed E-state index contributed by atoms with van der Waals surface area (Å²) in [6, 6.07) is 13.4. The van der Waals surface area contributed by atoms with Crippen LogP contribution in [0.4, 0.5) is 4.79 Å². The van der Waals surface area contributed by atoms with Gasteiger partial charge in [0.15, 0.2) is 0 Å². The largest absolute Gasteiger partial charge is 0.497 e. The first-order valence-electron chi connectivity index (χ1n) is 8.89. The average Bonchev–Trinajstić information content (AvgIpc) is 3.25. The van der Waals surface area contributed by atoms with Gasteiger partial charge in [-0.15, -0.1) is 0 Å². The molecule has 1 unspecified atom stereocenters. The molecule has 2 heterocycles. The van der Waals surface area contributed by atoms with Crippen LogP contribution < -0.4 is 14.8 Å². The molecule has 1 aliphatic rings. The third-order valence-corrected chi connectivity index (χ3v) is 5.72. The summed E-state index contributed by atoms with van der Waals surface area (Å²) in [5, 5.41) is 3.41. The molecule has 28 heavy (non-hydrogen) atoms. The van der Waals surface area contributed by atoms with Crippen molar-refractivity contribution in [2.24, 2.45) is 0 Å². The predicted octanol–water partition coefficient (Wildman–Crippen LogP) is 3.60. The van der Waals surface area contributed by atoms with Gasteiger partial charge in [0.25, 0.3) is 5.24 Å². The van der Waals surface area contributed by atoms with E-state index >= 15 is 0 Å². The Balaban J connectivity index is 1.63. The monoisotopic (exact) mass is 396 g/mol. The van der Waals surface area contributed by atoms with Gasteiger partial charge in [-0.05, 0) is 29.8 Å². The molecule has 1 aromatic heterocycles. The Labute approximate surface area is 166 Å². The first-order chi connectivity index (χ1) is 13.6. The van der Waals surface area contributed by atoms with Crippen molar-refractivity contribution in [2.45, 2.75) is 19.0 Å². The molecule has 7 heteroatoms.